The van der Waals surface area contributed by atoms with Gasteiger partial charge in [-0.15, -0.1) is 0 Å². The van der Waals surface area contributed by atoms with E-state index in [0.29, 0.717) is 25.8 Å². The van der Waals surface area contributed by atoms with Gasteiger partial charge in [0.25, 0.3) is 0 Å². The van der Waals surface area contributed by atoms with Gasteiger partial charge in [0.2, 0.25) is 0 Å². The maximum atomic E-state index is 11.7. The molecule has 0 radical (unpaired) electrons. The van der Waals surface area contributed by atoms with Gasteiger partial charge in [-0.25, -0.2) is 4.79 Å². The van der Waals surface area contributed by atoms with Gasteiger partial charge in [0.1, 0.15) is 0 Å². The number of nitrogens with one attached hydrogen (secondary N) is 2. The fourth-order valence-electron chi connectivity index (χ4n) is 2.04. The molecule has 0 atom stereocenters. The number of hydrogen-bond donors (Lipinski definition) is 3. The minimum Gasteiger partial charge on any atom is -0.481 e. The predicted molar refractivity (Wildman–Crippen MR) is 80.0 cm³/mol. The minimum absolute atomic E-state index is 0.130. The first kappa shape index (κ1) is 16.9. The van der Waals surface area contributed by atoms with Crippen LogP contribution in [0, 0.1) is 5.41 Å². The zero-order chi connectivity index (χ0) is 15.7. The van der Waals surface area contributed by atoms with Crippen LogP contribution in [0.15, 0.2) is 24.4 Å². The van der Waals surface area contributed by atoms with Gasteiger partial charge >= 0.3 is 12.0 Å². The summed E-state index contributed by atoms with van der Waals surface area (Å²) in [4.78, 5) is 27.2. The van der Waals surface area contributed by atoms with E-state index in [0.717, 1.165) is 5.69 Å². The van der Waals surface area contributed by atoms with Crippen molar-refractivity contribution in [1.82, 2.24) is 15.6 Å². The zero-order valence-electron chi connectivity index (χ0n) is 12.6. The predicted octanol–water partition coefficient (Wildman–Crippen LogP) is 1.81. The number of urea groups is 1. The van der Waals surface area contributed by atoms with Crippen molar-refractivity contribution in [2.24, 2.45) is 5.41 Å². The third-order valence-electron chi connectivity index (χ3n) is 3.79. The van der Waals surface area contributed by atoms with E-state index in [2.05, 4.69) is 15.6 Å². The van der Waals surface area contributed by atoms with Gasteiger partial charge in [-0.3, -0.25) is 9.78 Å². The van der Waals surface area contributed by atoms with Crippen LogP contribution < -0.4 is 10.6 Å². The summed E-state index contributed by atoms with van der Waals surface area (Å²) in [5.74, 6) is -0.874. The first-order valence-electron chi connectivity index (χ1n) is 7.19. The molecule has 1 aromatic heterocycles. The second-order valence-corrected chi connectivity index (χ2v) is 4.97. The SMILES string of the molecule is CCC(CC)(CNC(=O)NCCc1ccccn1)C(=O)O. The number of amides is 2. The minimum atomic E-state index is -0.891. The van der Waals surface area contributed by atoms with E-state index >= 15 is 0 Å². The number of pyridine rings is 1. The molecular formula is C15H23N3O3. The lowest BCUT2D eigenvalue weighted by Gasteiger charge is -2.26. The summed E-state index contributed by atoms with van der Waals surface area (Å²) in [6, 6.07) is 5.28. The van der Waals surface area contributed by atoms with Crippen molar-refractivity contribution in [2.75, 3.05) is 13.1 Å². The normalized spacial score (nSPS) is 11.0. The molecule has 2 amide bonds. The highest BCUT2D eigenvalue weighted by molar-refractivity contribution is 5.78. The Bertz CT molecular complexity index is 458. The Kier molecular flexibility index (Phi) is 6.65. The van der Waals surface area contributed by atoms with Crippen LogP contribution in [-0.4, -0.2) is 35.2 Å². The Hall–Kier alpha value is -2.11. The second-order valence-electron chi connectivity index (χ2n) is 4.97. The van der Waals surface area contributed by atoms with Gasteiger partial charge < -0.3 is 15.7 Å². The first-order chi connectivity index (χ1) is 10.0. The second kappa shape index (κ2) is 8.24. The van der Waals surface area contributed by atoms with E-state index in [-0.39, 0.29) is 12.6 Å². The third kappa shape index (κ3) is 5.06. The van der Waals surface area contributed by atoms with Crippen molar-refractivity contribution in [3.05, 3.63) is 30.1 Å². The fourth-order valence-corrected chi connectivity index (χ4v) is 2.04. The van der Waals surface area contributed by atoms with Crippen LogP contribution in [0.5, 0.6) is 0 Å². The number of carboxylic acid groups (broad SMARTS) is 1. The number of hydrogen-bond acceptors (Lipinski definition) is 3. The molecule has 0 saturated carbocycles. The molecule has 0 aromatic carbocycles. The van der Waals surface area contributed by atoms with Crippen molar-refractivity contribution in [3.63, 3.8) is 0 Å². The monoisotopic (exact) mass is 293 g/mol. The summed E-state index contributed by atoms with van der Waals surface area (Å²) < 4.78 is 0. The Morgan fingerprint density at radius 3 is 2.48 bits per heavy atom. The lowest BCUT2D eigenvalue weighted by Crippen LogP contribution is -2.46. The molecule has 3 N–H and O–H groups in total. The lowest BCUT2D eigenvalue weighted by atomic mass is 9.82. The maximum absolute atomic E-state index is 11.7. The molecule has 1 heterocycles. The van der Waals surface area contributed by atoms with Crippen molar-refractivity contribution in [2.45, 2.75) is 33.1 Å². The molecule has 116 valence electrons. The summed E-state index contributed by atoms with van der Waals surface area (Å²) in [6.45, 7) is 4.22. The summed E-state index contributed by atoms with van der Waals surface area (Å²) in [5.41, 5.74) is 0.0120. The maximum Gasteiger partial charge on any atom is 0.314 e. The molecule has 6 nitrogen and oxygen atoms in total. The number of rotatable bonds is 8. The summed E-state index contributed by atoms with van der Waals surface area (Å²) in [7, 11) is 0. The molecule has 0 aliphatic carbocycles. The largest absolute Gasteiger partial charge is 0.481 e. The Labute approximate surface area is 125 Å². The van der Waals surface area contributed by atoms with Gasteiger partial charge in [0.05, 0.1) is 5.41 Å². The molecule has 1 rings (SSSR count). The number of aliphatic carboxylic acids is 1. The van der Waals surface area contributed by atoms with Crippen LogP contribution in [0.2, 0.25) is 0 Å². The number of carboxylic acids is 1. The third-order valence-corrected chi connectivity index (χ3v) is 3.79. The van der Waals surface area contributed by atoms with Crippen molar-refractivity contribution in [3.8, 4) is 0 Å². The molecule has 0 saturated heterocycles. The van der Waals surface area contributed by atoms with Crippen molar-refractivity contribution < 1.29 is 14.7 Å². The standard InChI is InChI=1S/C15H23N3O3/c1-3-15(4-2,13(19)20)11-18-14(21)17-10-8-12-7-5-6-9-16-12/h5-7,9H,3-4,8,10-11H2,1-2H3,(H,19,20)(H2,17,18,21). The molecule has 0 unspecified atom stereocenters. The van der Waals surface area contributed by atoms with Crippen molar-refractivity contribution >= 4 is 12.0 Å². The highest BCUT2D eigenvalue weighted by atomic mass is 16.4. The highest BCUT2D eigenvalue weighted by Gasteiger charge is 2.35. The molecule has 1 aromatic rings. The number of nitrogens with zero attached hydrogens (tertiary/aromatic N) is 1. The molecule has 0 spiro atoms. The number of carbonyl (C=O) groups is 2. The molecule has 21 heavy (non-hydrogen) atoms. The van der Waals surface area contributed by atoms with Gasteiger partial charge in [-0.2, -0.15) is 0 Å². The highest BCUT2D eigenvalue weighted by Crippen LogP contribution is 2.25. The summed E-state index contributed by atoms with van der Waals surface area (Å²) >= 11 is 0. The van der Waals surface area contributed by atoms with Gasteiger partial charge in [-0.05, 0) is 25.0 Å². The Morgan fingerprint density at radius 1 is 1.24 bits per heavy atom. The fraction of sp³-hybridized carbons (Fsp3) is 0.533. The average molecular weight is 293 g/mol. The molecule has 0 bridgehead atoms. The van der Waals surface area contributed by atoms with Crippen molar-refractivity contribution in [1.29, 1.82) is 0 Å². The summed E-state index contributed by atoms with van der Waals surface area (Å²) in [5, 5.41) is 14.6. The number of aromatic nitrogens is 1. The van der Waals surface area contributed by atoms with E-state index < -0.39 is 11.4 Å². The van der Waals surface area contributed by atoms with E-state index in [1.807, 2.05) is 32.0 Å². The van der Waals surface area contributed by atoms with E-state index in [1.54, 1.807) is 6.20 Å². The van der Waals surface area contributed by atoms with E-state index in [4.69, 9.17) is 0 Å². The van der Waals surface area contributed by atoms with Crippen LogP contribution in [0.4, 0.5) is 4.79 Å². The first-order valence-corrected chi connectivity index (χ1v) is 7.19. The van der Waals surface area contributed by atoms with Crippen LogP contribution in [0.1, 0.15) is 32.4 Å². The topological polar surface area (TPSA) is 91.3 Å². The molecule has 0 aliphatic rings. The van der Waals surface area contributed by atoms with Gasteiger partial charge in [-0.1, -0.05) is 19.9 Å². The smallest absolute Gasteiger partial charge is 0.314 e. The molecule has 6 heteroatoms. The van der Waals surface area contributed by atoms with E-state index in [9.17, 15) is 14.7 Å². The van der Waals surface area contributed by atoms with Crippen LogP contribution in [0.25, 0.3) is 0 Å². The van der Waals surface area contributed by atoms with Gasteiger partial charge in [0.15, 0.2) is 0 Å². The molecule has 0 aliphatic heterocycles. The zero-order valence-corrected chi connectivity index (χ0v) is 12.6. The quantitative estimate of drug-likeness (QED) is 0.681. The molecular weight excluding hydrogens is 270 g/mol. The summed E-state index contributed by atoms with van der Waals surface area (Å²) in [6.07, 6.45) is 3.30. The van der Waals surface area contributed by atoms with Gasteiger partial charge in [0, 0.05) is 31.4 Å². The number of carbonyl (C=O) groups excluding carboxylic acids is 1. The van der Waals surface area contributed by atoms with Crippen LogP contribution >= 0.6 is 0 Å². The lowest BCUT2D eigenvalue weighted by molar-refractivity contribution is -0.149. The van der Waals surface area contributed by atoms with E-state index in [1.165, 1.54) is 0 Å². The Morgan fingerprint density at radius 2 is 1.95 bits per heavy atom. The van der Waals surface area contributed by atoms with Crippen LogP contribution in [0.3, 0.4) is 0 Å². The Balaban J connectivity index is 2.35. The average Bonchev–Trinajstić information content (AvgIpc) is 2.49. The molecule has 0 fully saturated rings. The van der Waals surface area contributed by atoms with Crippen LogP contribution in [-0.2, 0) is 11.2 Å².